The number of alkyl halides is 1. The van der Waals surface area contributed by atoms with Gasteiger partial charge in [-0.3, -0.25) is 48.4 Å². The molecule has 24 aliphatic rings. The summed E-state index contributed by atoms with van der Waals surface area (Å²) in [6, 6.07) is 1.89. The Morgan fingerprint density at radius 2 is 0.628 bits per heavy atom. The molecule has 12 unspecified atom stereocenters. The van der Waals surface area contributed by atoms with E-state index in [1.165, 1.54) is 41.3 Å². The molecule has 2 aliphatic carbocycles. The Morgan fingerprint density at radius 3 is 0.869 bits per heavy atom. The molecule has 12 bridgehead atoms. The minimum atomic E-state index is -0.636. The summed E-state index contributed by atoms with van der Waals surface area (Å²) in [6.45, 7) is 24.5. The van der Waals surface area contributed by atoms with Gasteiger partial charge < -0.3 is 99.5 Å². The van der Waals surface area contributed by atoms with Crippen LogP contribution in [0.4, 0.5) is 33.2 Å². The zero-order valence-electron chi connectivity index (χ0n) is 85.6. The standard InChI is InChI=1S/C20H27N3O3.C19H25N3O3.C18H26FN3O3.C18H27N3O3.C17H25N3O3.C16H23N3O3/c1-2-3-10-26-19(25)23-15-4-5-16(23)12-17(11-15)22-8-6-20(7-9-22)13-18(24)21-14-20;1-2-9-25-18(24)22-14-3-4-15(22)11-16(10-14)21-7-5-19(6-8-21)12-17(23)20-13-19;19-5-8-25-17(24)22-13-1-2-14(22)10-15(9-13)21-6-3-18(4-7-21)11-16(23)20-12-18;1-2-24-17(23)21-13-3-4-14(21)10-15(9-13)20-7-5-18(6-8-20)11-16(22)19-12-18;1-2-23-16(22)20-10-12-7-13(20)8-14(12)19-5-3-17(4-6-19)9-15(21)18-11-17;1-22-15(21)19-9-11-6-12(19)7-13(11)18-4-2-16(3-5-18)8-14(20)17-10-16/h11,15-16H,4-10,12-14H2,1H3,(H,21,24);1,10,14-15H,3-9,11-13H2,(H,20,23);9,13-14H,1-8,10-12H2,(H,20,23);9,13-14H,2-8,10-12H2,1H3,(H,19,22);8,12-13H,2-7,9-11H2,1H3,(H,18,21);7,11-12H,2-6,8-10H2,1H3,(H,17,20). The zero-order valence-corrected chi connectivity index (χ0v) is 85.6. The number of carbonyl (C=O) groups is 12. The smallest absolute Gasteiger partial charge is 0.411 e. The number of methoxy groups -OCH3 is 1. The van der Waals surface area contributed by atoms with Crippen LogP contribution in [0.2, 0.25) is 0 Å². The zero-order chi connectivity index (χ0) is 101. The summed E-state index contributed by atoms with van der Waals surface area (Å²) in [5, 5.41) is 17.9. The van der Waals surface area contributed by atoms with Gasteiger partial charge in [0.15, 0.2) is 13.2 Å². The molecule has 6 spiro atoms. The Balaban J connectivity index is 0.000000110. The number of ether oxygens (including phenoxy) is 6. The van der Waals surface area contributed by atoms with E-state index in [-0.39, 0.29) is 179 Å². The van der Waals surface area contributed by atoms with Crippen molar-refractivity contribution >= 4 is 72.0 Å². The highest BCUT2D eigenvalue weighted by atomic mass is 19.1. The molecule has 145 heavy (non-hydrogen) atoms. The molecule has 0 aromatic rings. The van der Waals surface area contributed by atoms with Crippen LogP contribution in [0.3, 0.4) is 0 Å². The Morgan fingerprint density at radius 1 is 0.359 bits per heavy atom. The fraction of sp³-hybridized carbons (Fsp3) is 0.741. The highest BCUT2D eigenvalue weighted by Gasteiger charge is 2.55. The van der Waals surface area contributed by atoms with Crippen LogP contribution >= 0.6 is 0 Å². The van der Waals surface area contributed by atoms with E-state index in [1.807, 2.05) is 38.3 Å². The molecule has 12 amide bonds. The highest BCUT2D eigenvalue weighted by molar-refractivity contribution is 5.82. The number of fused-ring (bicyclic) bond motifs is 12. The molecule has 790 valence electrons. The number of amides is 12. The van der Waals surface area contributed by atoms with E-state index < -0.39 is 6.67 Å². The molecular weight excluding hydrogens is 1860 g/mol. The largest absolute Gasteiger partial charge is 0.453 e. The van der Waals surface area contributed by atoms with E-state index in [0.29, 0.717) is 69.6 Å². The minimum Gasteiger partial charge on any atom is -0.453 e. The third kappa shape index (κ3) is 22.2. The van der Waals surface area contributed by atoms with Crippen molar-refractivity contribution in [3.05, 3.63) is 70.6 Å². The number of nitrogens with zero attached hydrogens (tertiary/aromatic N) is 12. The van der Waals surface area contributed by atoms with E-state index in [4.69, 9.17) is 34.8 Å². The maximum Gasteiger partial charge on any atom is 0.411 e. The first-order valence-electron chi connectivity index (χ1n) is 54.4. The predicted octanol–water partition coefficient (Wildman–Crippen LogP) is 9.30. The van der Waals surface area contributed by atoms with Crippen LogP contribution in [0, 0.1) is 68.5 Å². The topological polar surface area (TPSA) is 371 Å². The molecule has 6 N–H and O–H groups in total. The SMILES string of the molecule is C#CCOC(=O)N1C2C=C(N3CCC4(CC3)CNC(=O)C4)CC1CC2.CC#CCOC(=O)N1C2C=C(N3CCC4(CC3)CNC(=O)C4)CC1CC2.CCOC(=O)N1C2C=C(N3CCC4(CC3)CNC(=O)C4)CC1CC2.CCOC(=O)N1CC2CC1C=C2N1CCC2(CC1)CNC(=O)C2.COC(=O)N1CC2CC1C=C2N1CCC2(CC1)CNC(=O)C2.O=C1CC2(CCN(C3=CC4CCC(C3)N4C(=O)OCCF)CC2)CN1. The van der Waals surface area contributed by atoms with Crippen molar-refractivity contribution in [2.45, 2.75) is 287 Å². The third-order valence-electron chi connectivity index (χ3n) is 37.3. The first-order chi connectivity index (χ1) is 70.1. The van der Waals surface area contributed by atoms with E-state index >= 15 is 0 Å². The van der Waals surface area contributed by atoms with Crippen LogP contribution in [0.25, 0.3) is 0 Å². The van der Waals surface area contributed by atoms with Crippen LogP contribution in [-0.2, 0) is 57.2 Å². The lowest BCUT2D eigenvalue weighted by atomic mass is 9.77. The van der Waals surface area contributed by atoms with Crippen molar-refractivity contribution in [1.82, 2.24) is 90.7 Å². The monoisotopic (exact) mass is 2010 g/mol. The molecule has 18 saturated heterocycles. The van der Waals surface area contributed by atoms with Crippen LogP contribution in [-0.4, -0.2) is 369 Å². The number of hydrogen-bond donors (Lipinski definition) is 6. The van der Waals surface area contributed by atoms with E-state index in [0.717, 1.165) is 298 Å². The van der Waals surface area contributed by atoms with Crippen molar-refractivity contribution in [1.29, 1.82) is 0 Å². The number of rotatable bonds is 12. The number of carbonyl (C=O) groups excluding carboxylic acids is 12. The fourth-order valence-electron chi connectivity index (χ4n) is 28.9. The number of nitrogens with one attached hydrogen (secondary N) is 6. The summed E-state index contributed by atoms with van der Waals surface area (Å²) < 4.78 is 42.9. The van der Waals surface area contributed by atoms with Gasteiger partial charge in [0, 0.05) is 265 Å². The number of halogens is 1. The number of piperidine rings is 6. The van der Waals surface area contributed by atoms with Gasteiger partial charge in [-0.15, -0.1) is 12.3 Å². The summed E-state index contributed by atoms with van der Waals surface area (Å²) in [6.07, 6.45) is 48.0. The maximum absolute atomic E-state index is 12.4. The first kappa shape index (κ1) is 102. The van der Waals surface area contributed by atoms with Crippen LogP contribution in [0.5, 0.6) is 0 Å². The van der Waals surface area contributed by atoms with Crippen molar-refractivity contribution in [3.8, 4) is 24.2 Å². The van der Waals surface area contributed by atoms with Crippen LogP contribution in [0.1, 0.15) is 226 Å². The number of terminal acetylenes is 1. The van der Waals surface area contributed by atoms with Gasteiger partial charge in [-0.2, -0.15) is 0 Å². The molecule has 0 radical (unpaired) electrons. The Bertz CT molecular complexity index is 5180. The van der Waals surface area contributed by atoms with E-state index in [2.05, 4.69) is 116 Å². The average molecular weight is 2010 g/mol. The molecule has 18 fully saturated rings. The molecule has 37 heteroatoms. The van der Waals surface area contributed by atoms with Crippen molar-refractivity contribution < 1.29 is 90.3 Å². The number of hydrogen-bond acceptors (Lipinski definition) is 24. The molecule has 22 aliphatic heterocycles. The van der Waals surface area contributed by atoms with Gasteiger partial charge in [0.05, 0.1) is 56.6 Å². The minimum absolute atomic E-state index is 0.0340. The van der Waals surface area contributed by atoms with E-state index in [9.17, 15) is 61.9 Å². The van der Waals surface area contributed by atoms with Crippen LogP contribution < -0.4 is 31.9 Å². The van der Waals surface area contributed by atoms with Crippen molar-refractivity contribution in [3.63, 3.8) is 0 Å². The lowest BCUT2D eigenvalue weighted by Crippen LogP contribution is -2.47. The molecule has 24 rings (SSSR count). The Kier molecular flexibility index (Phi) is 30.8. The second-order valence-electron chi connectivity index (χ2n) is 45.8. The molecule has 36 nitrogen and oxygen atoms in total. The highest BCUT2D eigenvalue weighted by Crippen LogP contribution is 2.52. The average Bonchev–Trinajstić information content (AvgIpc) is 1.58. The van der Waals surface area contributed by atoms with Gasteiger partial charge in [0.2, 0.25) is 35.4 Å². The summed E-state index contributed by atoms with van der Waals surface area (Å²) in [5.74, 6) is 10.0. The number of likely N-dealkylation sites (tertiary alicyclic amines) is 8. The summed E-state index contributed by atoms with van der Waals surface area (Å²) >= 11 is 0. The molecule has 0 saturated carbocycles. The van der Waals surface area contributed by atoms with Crippen molar-refractivity contribution in [2.24, 2.45) is 44.3 Å². The van der Waals surface area contributed by atoms with Gasteiger partial charge >= 0.3 is 36.6 Å². The molecule has 22 heterocycles. The molecular formula is C108H153FN18O18. The second-order valence-corrected chi connectivity index (χ2v) is 45.8. The summed E-state index contributed by atoms with van der Waals surface area (Å²) in [7, 11) is 1.44. The summed E-state index contributed by atoms with van der Waals surface area (Å²) in [5.41, 5.74) is 9.40. The fourth-order valence-corrected chi connectivity index (χ4v) is 28.9. The maximum atomic E-state index is 12.4. The lowest BCUT2D eigenvalue weighted by molar-refractivity contribution is -0.120. The normalized spacial score (nSPS) is 30.7. The van der Waals surface area contributed by atoms with Gasteiger partial charge in [0.1, 0.15) is 13.3 Å². The van der Waals surface area contributed by atoms with E-state index in [1.54, 1.807) is 11.8 Å². The first-order valence-corrected chi connectivity index (χ1v) is 54.4. The van der Waals surface area contributed by atoms with Gasteiger partial charge in [-0.05, 0) is 231 Å². The quantitative estimate of drug-likeness (QED) is 0.0782. The molecule has 12 atom stereocenters. The molecule has 0 aromatic carbocycles. The van der Waals surface area contributed by atoms with Gasteiger partial charge in [0.25, 0.3) is 0 Å². The lowest BCUT2D eigenvalue weighted by Gasteiger charge is -2.43. The van der Waals surface area contributed by atoms with Crippen LogP contribution in [0.15, 0.2) is 70.6 Å². The van der Waals surface area contributed by atoms with Gasteiger partial charge in [-0.1, -0.05) is 11.8 Å². The Hall–Kier alpha value is -11.3. The second kappa shape index (κ2) is 43.6. The van der Waals surface area contributed by atoms with Gasteiger partial charge in [-0.25, -0.2) is 33.2 Å². The molecule has 0 aromatic heterocycles. The third-order valence-corrected chi connectivity index (χ3v) is 37.3. The summed E-state index contributed by atoms with van der Waals surface area (Å²) in [4.78, 5) is 168. The van der Waals surface area contributed by atoms with Crippen molar-refractivity contribution in [2.75, 3.05) is 178 Å². The Labute approximate surface area is 852 Å². The predicted molar refractivity (Wildman–Crippen MR) is 533 cm³/mol.